The molecule has 420 valence electrons. The highest BCUT2D eigenvalue weighted by Gasteiger charge is 2.53. The lowest BCUT2D eigenvalue weighted by molar-refractivity contribution is -0.361. The average Bonchev–Trinajstić information content (AvgIpc) is 3.39. The number of esters is 2. The molecule has 4 aromatic rings. The number of ether oxygens (including phenoxy) is 10. The molecule has 0 radical (unpaired) electrons. The fourth-order valence-electron chi connectivity index (χ4n) is 8.99. The molecule has 0 unspecified atom stereocenters. The number of aliphatic hydroxyl groups excluding tert-OH is 10. The summed E-state index contributed by atoms with van der Waals surface area (Å²) in [5.41, 5.74) is -0.921. The van der Waals surface area contributed by atoms with E-state index in [1.54, 1.807) is 0 Å². The van der Waals surface area contributed by atoms with Gasteiger partial charge in [0.15, 0.2) is 30.5 Å². The number of aromatic hydroxyl groups is 3. The van der Waals surface area contributed by atoms with Crippen molar-refractivity contribution in [1.29, 1.82) is 0 Å². The third-order valence-electron chi connectivity index (χ3n) is 13.1. The molecule has 13 N–H and O–H groups in total. The zero-order chi connectivity index (χ0) is 55.7. The van der Waals surface area contributed by atoms with Gasteiger partial charge in [0.2, 0.25) is 23.8 Å². The highest BCUT2D eigenvalue weighted by molar-refractivity contribution is 5.88. The number of phenolic OH excluding ortho intramolecular Hbond substituents is 3. The van der Waals surface area contributed by atoms with Crippen LogP contribution in [0, 0.1) is 0 Å². The number of carbonyl (C=O) groups is 2. The Kier molecular flexibility index (Phi) is 17.7. The Balaban J connectivity index is 1.03. The molecule has 0 spiro atoms. The van der Waals surface area contributed by atoms with Gasteiger partial charge in [-0.05, 0) is 61.9 Å². The number of aliphatic hydroxyl groups is 10. The van der Waals surface area contributed by atoms with Gasteiger partial charge < -0.3 is 118 Å². The fourth-order valence-corrected chi connectivity index (χ4v) is 8.99. The molecule has 4 aliphatic rings. The lowest BCUT2D eigenvalue weighted by atomic mass is 9.97. The summed E-state index contributed by atoms with van der Waals surface area (Å²) >= 11 is 0. The maximum absolute atomic E-state index is 14.4. The standard InChI is InChI=1S/C50H58O27/c1-18-42(70-20(3)52)37(62)40(65)48(69-18)71-25-14-26(55)31-27(15-25)72-44(22-7-11-24(54)12-8-22)45(34(31)59)76-50-39(64)36(61)33(58)29(74-50)17-67-47-41(66)46(77-49-38(63)35(60)32(57)28(16-51)73-49)43(19(2)68-47)75-30(56)13-6-21-4-9-23(53)10-5-21/h4-15,18-19,28-29,32-33,35-43,46-51,53-55,57-58,60-66H,16-17H2,1-3H3/b13-6+/t18-,19+,28-,29-,32-,33-,35+,36+,37-,38-,39-,40+,41-,42-,43+,46+,47-,48-,49+,50+/m0/s1. The first-order valence-electron chi connectivity index (χ1n) is 24.0. The minimum Gasteiger partial charge on any atom is -0.508 e. The van der Waals surface area contributed by atoms with Gasteiger partial charge >= 0.3 is 11.9 Å². The van der Waals surface area contributed by atoms with E-state index in [4.69, 9.17) is 51.8 Å². The molecule has 1 aromatic heterocycles. The van der Waals surface area contributed by atoms with Crippen molar-refractivity contribution in [2.24, 2.45) is 0 Å². The molecule has 4 aliphatic heterocycles. The van der Waals surface area contributed by atoms with Gasteiger partial charge in [0.25, 0.3) is 0 Å². The lowest BCUT2D eigenvalue weighted by Crippen LogP contribution is -2.65. The van der Waals surface area contributed by atoms with E-state index in [9.17, 15) is 80.8 Å². The van der Waals surface area contributed by atoms with E-state index in [-0.39, 0.29) is 28.4 Å². The SMILES string of the molecule is CC(=O)O[C@@H]1[C@@H](O)[C@@H](O)[C@H](Oc2cc(O)c3c(=O)c(O[C@H]4O[C@@H](CO[C@H]5O[C@H](C)[C@@H](OC(=O)/C=C/c6ccc(O)cc6)[C@H](O[C@H]6O[C@@H](CO)[C@H](O)[C@@H](O)[C@@H]6O)[C@@H]5O)[C@H](O)[C@@H](O)[C@@H]4O)c(-c4ccc(O)cc4)oc3c2)O[C@H]1C. The molecule has 8 rings (SSSR count). The Hall–Kier alpha value is -6.09. The summed E-state index contributed by atoms with van der Waals surface area (Å²) in [5.74, 6) is -4.17. The Labute approximate surface area is 435 Å². The van der Waals surface area contributed by atoms with Crippen LogP contribution in [0.15, 0.2) is 76.0 Å². The average molecular weight is 1090 g/mol. The van der Waals surface area contributed by atoms with Crippen LogP contribution in [0.4, 0.5) is 0 Å². The molecule has 0 bridgehead atoms. The number of hydrogen-bond donors (Lipinski definition) is 13. The molecule has 4 fully saturated rings. The fraction of sp³-hybridized carbons (Fsp3) is 0.500. The van der Waals surface area contributed by atoms with Crippen LogP contribution in [0.2, 0.25) is 0 Å². The molecule has 77 heavy (non-hydrogen) atoms. The number of fused-ring (bicyclic) bond motifs is 1. The summed E-state index contributed by atoms with van der Waals surface area (Å²) in [4.78, 5) is 39.2. The first-order valence-corrected chi connectivity index (χ1v) is 24.0. The summed E-state index contributed by atoms with van der Waals surface area (Å²) in [5, 5.41) is 139. The minimum absolute atomic E-state index is 0.0297. The molecular formula is C50H58O27. The first-order chi connectivity index (χ1) is 36.5. The molecule has 0 saturated carbocycles. The zero-order valence-electron chi connectivity index (χ0n) is 40.9. The molecule has 3 aromatic carbocycles. The van der Waals surface area contributed by atoms with Crippen LogP contribution in [0.5, 0.6) is 28.7 Å². The molecule has 0 amide bonds. The number of rotatable bonds is 15. The van der Waals surface area contributed by atoms with Crippen LogP contribution in [0.3, 0.4) is 0 Å². The quantitative estimate of drug-likeness (QED) is 0.0431. The van der Waals surface area contributed by atoms with Gasteiger partial charge in [-0.1, -0.05) is 12.1 Å². The topological polar surface area (TPSA) is 420 Å². The van der Waals surface area contributed by atoms with Crippen LogP contribution in [0.25, 0.3) is 28.4 Å². The molecule has 27 heteroatoms. The summed E-state index contributed by atoms with van der Waals surface area (Å²) < 4.78 is 63.2. The van der Waals surface area contributed by atoms with Crippen molar-refractivity contribution in [2.45, 2.75) is 144 Å². The van der Waals surface area contributed by atoms with E-state index in [0.29, 0.717) is 5.56 Å². The van der Waals surface area contributed by atoms with Gasteiger partial charge in [0, 0.05) is 30.7 Å². The Morgan fingerprint density at radius 1 is 0.610 bits per heavy atom. The van der Waals surface area contributed by atoms with Crippen molar-refractivity contribution in [3.63, 3.8) is 0 Å². The van der Waals surface area contributed by atoms with Gasteiger partial charge in [-0.25, -0.2) is 4.79 Å². The highest BCUT2D eigenvalue weighted by atomic mass is 16.8. The minimum atomic E-state index is -2.13. The molecule has 20 atom stereocenters. The molecular weight excluding hydrogens is 1030 g/mol. The van der Waals surface area contributed by atoms with Crippen LogP contribution in [0.1, 0.15) is 26.3 Å². The molecule has 0 aliphatic carbocycles. The van der Waals surface area contributed by atoms with Gasteiger partial charge in [-0.15, -0.1) is 0 Å². The van der Waals surface area contributed by atoms with Gasteiger partial charge in [0.05, 0.1) is 25.4 Å². The third kappa shape index (κ3) is 12.3. The summed E-state index contributed by atoms with van der Waals surface area (Å²) in [6.45, 7) is 2.26. The van der Waals surface area contributed by atoms with E-state index >= 15 is 0 Å². The predicted octanol–water partition coefficient (Wildman–Crippen LogP) is -2.53. The highest BCUT2D eigenvalue weighted by Crippen LogP contribution is 2.39. The monoisotopic (exact) mass is 1090 g/mol. The largest absolute Gasteiger partial charge is 0.508 e. The Morgan fingerprint density at radius 3 is 1.83 bits per heavy atom. The van der Waals surface area contributed by atoms with Gasteiger partial charge in [-0.3, -0.25) is 9.59 Å². The van der Waals surface area contributed by atoms with Crippen LogP contribution in [-0.2, 0) is 47.5 Å². The number of phenols is 3. The summed E-state index contributed by atoms with van der Waals surface area (Å²) in [6.07, 6.45) is -32.3. The summed E-state index contributed by atoms with van der Waals surface area (Å²) in [6, 6.07) is 12.9. The maximum Gasteiger partial charge on any atom is 0.331 e. The van der Waals surface area contributed by atoms with Crippen molar-refractivity contribution >= 4 is 29.0 Å². The molecule has 4 saturated heterocycles. The summed E-state index contributed by atoms with van der Waals surface area (Å²) in [7, 11) is 0. The van der Waals surface area contributed by atoms with E-state index < -0.39 is 176 Å². The lowest BCUT2D eigenvalue weighted by Gasteiger charge is -2.46. The Morgan fingerprint density at radius 2 is 1.18 bits per heavy atom. The zero-order valence-corrected chi connectivity index (χ0v) is 40.9. The third-order valence-corrected chi connectivity index (χ3v) is 13.1. The second kappa shape index (κ2) is 23.9. The van der Waals surface area contributed by atoms with Crippen molar-refractivity contribution in [2.75, 3.05) is 13.2 Å². The van der Waals surface area contributed by atoms with Crippen LogP contribution < -0.4 is 14.9 Å². The van der Waals surface area contributed by atoms with E-state index in [0.717, 1.165) is 25.1 Å². The van der Waals surface area contributed by atoms with E-state index in [1.165, 1.54) is 68.5 Å². The van der Waals surface area contributed by atoms with E-state index in [2.05, 4.69) is 0 Å². The number of hydrogen-bond acceptors (Lipinski definition) is 27. The Bertz CT molecular complexity index is 2770. The van der Waals surface area contributed by atoms with Crippen molar-refractivity contribution < 1.29 is 128 Å². The van der Waals surface area contributed by atoms with Crippen LogP contribution in [-0.4, -0.2) is 214 Å². The first kappa shape index (κ1) is 57.1. The number of carbonyl (C=O) groups excluding carboxylic acids is 2. The van der Waals surface area contributed by atoms with Crippen molar-refractivity contribution in [1.82, 2.24) is 0 Å². The second-order valence-corrected chi connectivity index (χ2v) is 18.6. The van der Waals surface area contributed by atoms with Gasteiger partial charge in [0.1, 0.15) is 107 Å². The van der Waals surface area contributed by atoms with Crippen molar-refractivity contribution in [3.8, 4) is 40.1 Å². The maximum atomic E-state index is 14.4. The van der Waals surface area contributed by atoms with Crippen molar-refractivity contribution in [3.05, 3.63) is 82.5 Å². The smallest absolute Gasteiger partial charge is 0.331 e. The number of benzene rings is 3. The molecule has 27 nitrogen and oxygen atoms in total. The predicted molar refractivity (Wildman–Crippen MR) is 253 cm³/mol. The molecule has 5 heterocycles. The van der Waals surface area contributed by atoms with E-state index in [1.807, 2.05) is 0 Å². The normalized spacial score (nSPS) is 35.6. The second-order valence-electron chi connectivity index (χ2n) is 18.6. The van der Waals surface area contributed by atoms with Crippen LogP contribution >= 0.6 is 0 Å². The van der Waals surface area contributed by atoms with Gasteiger partial charge in [-0.2, -0.15) is 0 Å².